The molecule has 3 heteroatoms. The molecule has 1 aromatic carbocycles. The number of benzene rings is 1. The Labute approximate surface area is 95.1 Å². The van der Waals surface area contributed by atoms with Gasteiger partial charge in [0.25, 0.3) is 0 Å². The second-order valence-electron chi connectivity index (χ2n) is 4.10. The van der Waals surface area contributed by atoms with Crippen LogP contribution in [0, 0.1) is 11.6 Å². The van der Waals surface area contributed by atoms with Crippen molar-refractivity contribution >= 4 is 29.7 Å². The Morgan fingerprint density at radius 3 is 2.43 bits per heavy atom. The van der Waals surface area contributed by atoms with Gasteiger partial charge in [-0.15, -0.1) is 5.54 Å². The fourth-order valence-corrected chi connectivity index (χ4v) is 1.67. The molecule has 0 aliphatic heterocycles. The van der Waals surface area contributed by atoms with Crippen LogP contribution in [-0.2, 0) is 0 Å². The van der Waals surface area contributed by atoms with Crippen LogP contribution in [0.25, 0.3) is 0 Å². The standard InChI is InChI=1S/C11H14BrNSi/c1-14(2,3)9-8-13-11-7-5-4-6-10(11)12/h4-7,13H,1-3H3. The third-order valence-electron chi connectivity index (χ3n) is 1.51. The van der Waals surface area contributed by atoms with Gasteiger partial charge < -0.3 is 5.32 Å². The summed E-state index contributed by atoms with van der Waals surface area (Å²) in [4.78, 5) is 0. The van der Waals surface area contributed by atoms with Gasteiger partial charge in [0.1, 0.15) is 8.07 Å². The van der Waals surface area contributed by atoms with Gasteiger partial charge in [0.05, 0.1) is 5.69 Å². The molecule has 14 heavy (non-hydrogen) atoms. The van der Waals surface area contributed by atoms with E-state index in [2.05, 4.69) is 52.5 Å². The molecular weight excluding hydrogens is 254 g/mol. The lowest BCUT2D eigenvalue weighted by Gasteiger charge is -2.04. The smallest absolute Gasteiger partial charge is 0.131 e. The first-order chi connectivity index (χ1) is 6.49. The quantitative estimate of drug-likeness (QED) is 0.465. The molecule has 1 rings (SSSR count). The summed E-state index contributed by atoms with van der Waals surface area (Å²) in [5, 5.41) is 3.10. The average molecular weight is 268 g/mol. The van der Waals surface area contributed by atoms with E-state index in [4.69, 9.17) is 0 Å². The Hall–Kier alpha value is -0.723. The van der Waals surface area contributed by atoms with Gasteiger partial charge in [-0.25, -0.2) is 0 Å². The van der Waals surface area contributed by atoms with E-state index in [1.54, 1.807) is 0 Å². The molecule has 0 aliphatic rings. The van der Waals surface area contributed by atoms with Crippen LogP contribution in [-0.4, -0.2) is 8.07 Å². The molecular formula is C11H14BrNSi. The third-order valence-corrected chi connectivity index (χ3v) is 3.08. The molecule has 74 valence electrons. The lowest BCUT2D eigenvalue weighted by Crippen LogP contribution is -2.16. The van der Waals surface area contributed by atoms with Gasteiger partial charge in [-0.3, -0.25) is 0 Å². The number of rotatable bonds is 1. The van der Waals surface area contributed by atoms with Gasteiger partial charge in [-0.1, -0.05) is 31.8 Å². The monoisotopic (exact) mass is 267 g/mol. The summed E-state index contributed by atoms with van der Waals surface area (Å²) in [6.07, 6.45) is 0. The van der Waals surface area contributed by atoms with Gasteiger partial charge >= 0.3 is 0 Å². The zero-order chi connectivity index (χ0) is 10.6. The molecule has 0 aromatic heterocycles. The highest BCUT2D eigenvalue weighted by atomic mass is 79.9. The molecule has 0 saturated carbocycles. The lowest BCUT2D eigenvalue weighted by atomic mass is 10.3. The first kappa shape index (κ1) is 11.4. The minimum Gasteiger partial charge on any atom is -0.314 e. The molecule has 1 aromatic rings. The van der Waals surface area contributed by atoms with Crippen LogP contribution in [0.2, 0.25) is 19.6 Å². The van der Waals surface area contributed by atoms with Crippen molar-refractivity contribution in [2.24, 2.45) is 0 Å². The highest BCUT2D eigenvalue weighted by Crippen LogP contribution is 2.20. The molecule has 0 radical (unpaired) electrons. The Morgan fingerprint density at radius 1 is 1.21 bits per heavy atom. The Bertz CT molecular complexity index is 371. The van der Waals surface area contributed by atoms with Crippen molar-refractivity contribution in [3.8, 4) is 11.6 Å². The normalized spacial score (nSPS) is 10.3. The van der Waals surface area contributed by atoms with E-state index in [9.17, 15) is 0 Å². The van der Waals surface area contributed by atoms with Crippen molar-refractivity contribution < 1.29 is 0 Å². The highest BCUT2D eigenvalue weighted by molar-refractivity contribution is 9.10. The van der Waals surface area contributed by atoms with Crippen LogP contribution in [0.1, 0.15) is 0 Å². The SMILES string of the molecule is C[Si](C)(C)C#CNc1ccccc1Br. The van der Waals surface area contributed by atoms with E-state index in [-0.39, 0.29) is 0 Å². The van der Waals surface area contributed by atoms with E-state index < -0.39 is 8.07 Å². The number of hydrogen-bond donors (Lipinski definition) is 1. The summed E-state index contributed by atoms with van der Waals surface area (Å²) < 4.78 is 1.05. The third kappa shape index (κ3) is 3.99. The Kier molecular flexibility index (Phi) is 3.79. The molecule has 0 unspecified atom stereocenters. The van der Waals surface area contributed by atoms with Crippen molar-refractivity contribution in [3.63, 3.8) is 0 Å². The fourth-order valence-electron chi connectivity index (χ4n) is 0.849. The van der Waals surface area contributed by atoms with Crippen molar-refractivity contribution in [3.05, 3.63) is 28.7 Å². The highest BCUT2D eigenvalue weighted by Gasteiger charge is 2.07. The summed E-state index contributed by atoms with van der Waals surface area (Å²) in [5.74, 6) is 0. The minimum absolute atomic E-state index is 1.03. The number of nitrogens with one attached hydrogen (secondary N) is 1. The van der Waals surface area contributed by atoms with Crippen LogP contribution < -0.4 is 5.32 Å². The van der Waals surface area contributed by atoms with Crippen molar-refractivity contribution in [1.29, 1.82) is 0 Å². The zero-order valence-electron chi connectivity index (χ0n) is 8.69. The maximum Gasteiger partial charge on any atom is 0.131 e. The molecule has 0 heterocycles. The van der Waals surface area contributed by atoms with E-state index in [1.165, 1.54) is 0 Å². The second-order valence-corrected chi connectivity index (χ2v) is 9.71. The number of halogens is 1. The van der Waals surface area contributed by atoms with Gasteiger partial charge in [0.2, 0.25) is 0 Å². The molecule has 0 amide bonds. The summed E-state index contributed by atoms with van der Waals surface area (Å²) >= 11 is 3.46. The maximum absolute atomic E-state index is 3.46. The van der Waals surface area contributed by atoms with Crippen LogP contribution >= 0.6 is 15.9 Å². The van der Waals surface area contributed by atoms with E-state index in [0.29, 0.717) is 0 Å². The summed E-state index contributed by atoms with van der Waals surface area (Å²) in [5.41, 5.74) is 4.28. The maximum atomic E-state index is 3.46. The lowest BCUT2D eigenvalue weighted by molar-refractivity contribution is 1.58. The van der Waals surface area contributed by atoms with E-state index in [1.807, 2.05) is 24.3 Å². The van der Waals surface area contributed by atoms with Crippen molar-refractivity contribution in [2.75, 3.05) is 5.32 Å². The zero-order valence-corrected chi connectivity index (χ0v) is 11.3. The van der Waals surface area contributed by atoms with Gasteiger partial charge in [0, 0.05) is 10.5 Å². The summed E-state index contributed by atoms with van der Waals surface area (Å²) in [6, 6.07) is 11.0. The largest absolute Gasteiger partial charge is 0.314 e. The van der Waals surface area contributed by atoms with E-state index in [0.717, 1.165) is 10.2 Å². The average Bonchev–Trinajstić information content (AvgIpc) is 2.06. The van der Waals surface area contributed by atoms with Crippen LogP contribution in [0.15, 0.2) is 28.7 Å². The molecule has 1 N–H and O–H groups in total. The van der Waals surface area contributed by atoms with Crippen LogP contribution in [0.4, 0.5) is 5.69 Å². The molecule has 0 atom stereocenters. The van der Waals surface area contributed by atoms with Gasteiger partial charge in [0.15, 0.2) is 0 Å². The number of anilines is 1. The van der Waals surface area contributed by atoms with Gasteiger partial charge in [-0.2, -0.15) is 0 Å². The Morgan fingerprint density at radius 2 is 1.86 bits per heavy atom. The predicted molar refractivity (Wildman–Crippen MR) is 68.9 cm³/mol. The second kappa shape index (κ2) is 4.67. The fraction of sp³-hybridized carbons (Fsp3) is 0.273. The minimum atomic E-state index is -1.27. The molecule has 0 bridgehead atoms. The summed E-state index contributed by atoms with van der Waals surface area (Å²) in [7, 11) is -1.27. The molecule has 0 fully saturated rings. The molecule has 0 aliphatic carbocycles. The first-order valence-corrected chi connectivity index (χ1v) is 8.81. The van der Waals surface area contributed by atoms with Crippen LogP contribution in [0.3, 0.4) is 0 Å². The predicted octanol–water partition coefficient (Wildman–Crippen LogP) is 3.70. The summed E-state index contributed by atoms with van der Waals surface area (Å²) in [6.45, 7) is 6.67. The van der Waals surface area contributed by atoms with Crippen molar-refractivity contribution in [2.45, 2.75) is 19.6 Å². The van der Waals surface area contributed by atoms with Crippen LogP contribution in [0.5, 0.6) is 0 Å². The number of hydrogen-bond acceptors (Lipinski definition) is 1. The van der Waals surface area contributed by atoms with E-state index >= 15 is 0 Å². The first-order valence-electron chi connectivity index (χ1n) is 4.52. The molecule has 0 saturated heterocycles. The van der Waals surface area contributed by atoms with Crippen molar-refractivity contribution in [1.82, 2.24) is 0 Å². The topological polar surface area (TPSA) is 12.0 Å². The molecule has 1 nitrogen and oxygen atoms in total. The Balaban J connectivity index is 2.70. The van der Waals surface area contributed by atoms with Gasteiger partial charge in [-0.05, 0) is 28.1 Å². The molecule has 0 spiro atoms. The number of para-hydroxylation sites is 1.